The Labute approximate surface area is 179 Å². The summed E-state index contributed by atoms with van der Waals surface area (Å²) in [6, 6.07) is 10.6. The van der Waals surface area contributed by atoms with E-state index in [1.165, 1.54) is 0 Å². The Balaban J connectivity index is 1.75. The fraction of sp³-hybridized carbons (Fsp3) is 0.238. The molecule has 0 aliphatic carbocycles. The zero-order chi connectivity index (χ0) is 21.7. The molecule has 3 rings (SSSR count). The second kappa shape index (κ2) is 9.27. The Bertz CT molecular complexity index is 1160. The Kier molecular flexibility index (Phi) is 6.73. The van der Waals surface area contributed by atoms with Crippen LogP contribution in [0.5, 0.6) is 0 Å². The lowest BCUT2D eigenvalue weighted by Gasteiger charge is -2.06. The molecule has 158 valence electrons. The number of carbonyl (C=O) groups excluding carboxylic acids is 1. The molecule has 0 radical (unpaired) electrons. The van der Waals surface area contributed by atoms with Crippen LogP contribution < -0.4 is 10.0 Å². The van der Waals surface area contributed by atoms with Crippen LogP contribution in [-0.2, 0) is 21.2 Å². The molecule has 0 aliphatic rings. The number of hydrogen-bond donors (Lipinski definition) is 2. The first-order chi connectivity index (χ1) is 14.3. The molecule has 3 aromatic rings. The lowest BCUT2D eigenvalue weighted by atomic mass is 10.2. The van der Waals surface area contributed by atoms with Crippen LogP contribution in [0.2, 0.25) is 0 Å². The predicted octanol–water partition coefficient (Wildman–Crippen LogP) is 4.93. The maximum Gasteiger partial charge on any atom is 0.271 e. The summed E-state index contributed by atoms with van der Waals surface area (Å²) < 4.78 is 33.4. The van der Waals surface area contributed by atoms with Crippen LogP contribution in [-0.4, -0.2) is 19.5 Å². The van der Waals surface area contributed by atoms with Gasteiger partial charge < -0.3 is 9.84 Å². The number of amides is 1. The minimum absolute atomic E-state index is 0.140. The average Bonchev–Trinajstić information content (AvgIpc) is 3.34. The summed E-state index contributed by atoms with van der Waals surface area (Å²) in [6.45, 7) is 5.54. The van der Waals surface area contributed by atoms with Crippen LogP contribution in [0.1, 0.15) is 42.2 Å². The molecule has 0 spiro atoms. The van der Waals surface area contributed by atoms with E-state index in [4.69, 9.17) is 4.52 Å². The maximum absolute atomic E-state index is 12.7. The second-order valence-electron chi connectivity index (χ2n) is 6.56. The zero-order valence-electron chi connectivity index (χ0n) is 16.9. The first kappa shape index (κ1) is 21.8. The van der Waals surface area contributed by atoms with Gasteiger partial charge in [-0.25, -0.2) is 8.42 Å². The smallest absolute Gasteiger partial charge is 0.271 e. The highest BCUT2D eigenvalue weighted by Gasteiger charge is 2.17. The van der Waals surface area contributed by atoms with Crippen molar-refractivity contribution in [3.05, 3.63) is 58.3 Å². The highest BCUT2D eigenvalue weighted by atomic mass is 32.2. The lowest BCUT2D eigenvalue weighted by Crippen LogP contribution is -2.11. The van der Waals surface area contributed by atoms with Gasteiger partial charge in [0.2, 0.25) is 5.91 Å². The van der Waals surface area contributed by atoms with Crippen LogP contribution in [0.4, 0.5) is 11.4 Å². The van der Waals surface area contributed by atoms with E-state index in [9.17, 15) is 13.2 Å². The summed E-state index contributed by atoms with van der Waals surface area (Å²) in [6.07, 6.45) is 4.61. The van der Waals surface area contributed by atoms with Gasteiger partial charge in [-0.1, -0.05) is 31.1 Å². The van der Waals surface area contributed by atoms with Gasteiger partial charge in [0.15, 0.2) is 5.76 Å². The van der Waals surface area contributed by atoms with Crippen molar-refractivity contribution in [1.82, 2.24) is 5.16 Å². The quantitative estimate of drug-likeness (QED) is 0.512. The van der Waals surface area contributed by atoms with Gasteiger partial charge in [0.05, 0.1) is 0 Å². The van der Waals surface area contributed by atoms with Crippen molar-refractivity contribution in [2.75, 3.05) is 10.0 Å². The molecule has 30 heavy (non-hydrogen) atoms. The fourth-order valence-corrected chi connectivity index (χ4v) is 4.91. The lowest BCUT2D eigenvalue weighted by molar-refractivity contribution is -0.115. The number of hydrogen-bond acceptors (Lipinski definition) is 6. The van der Waals surface area contributed by atoms with Crippen molar-refractivity contribution >= 4 is 50.8 Å². The van der Waals surface area contributed by atoms with E-state index >= 15 is 0 Å². The third-order valence-corrected chi connectivity index (χ3v) is 7.28. The zero-order valence-corrected chi connectivity index (χ0v) is 18.6. The SMILES string of the molecule is CCC(=O)Nc1c(C)noc1/C=C/c1ccc(S(=O)(=O)Nc2ccc(CC)cc2)s1. The number of aromatic nitrogens is 1. The number of anilines is 2. The standard InChI is InChI=1S/C21H23N3O4S2/c1-4-15-6-8-16(9-7-15)24-30(26,27)20-13-11-17(29-20)10-12-18-21(14(3)23-28-18)22-19(25)5-2/h6-13,24H,4-5H2,1-3H3,(H,22,25)/b12-10+. The molecule has 7 nitrogen and oxygen atoms in total. The summed E-state index contributed by atoms with van der Waals surface area (Å²) in [5.74, 6) is 0.264. The summed E-state index contributed by atoms with van der Waals surface area (Å²) >= 11 is 1.13. The van der Waals surface area contributed by atoms with Crippen molar-refractivity contribution in [3.63, 3.8) is 0 Å². The number of aryl methyl sites for hydroxylation is 2. The van der Waals surface area contributed by atoms with Gasteiger partial charge in [0, 0.05) is 17.0 Å². The largest absolute Gasteiger partial charge is 0.354 e. The van der Waals surface area contributed by atoms with Gasteiger partial charge in [-0.15, -0.1) is 11.3 Å². The third kappa shape index (κ3) is 5.17. The van der Waals surface area contributed by atoms with Crippen molar-refractivity contribution in [2.24, 2.45) is 0 Å². The molecule has 0 unspecified atom stereocenters. The van der Waals surface area contributed by atoms with Crippen molar-refractivity contribution in [1.29, 1.82) is 0 Å². The van der Waals surface area contributed by atoms with Crippen LogP contribution in [0.25, 0.3) is 12.2 Å². The molecule has 0 atom stereocenters. The molecule has 1 amide bonds. The van der Waals surface area contributed by atoms with Crippen LogP contribution in [0.15, 0.2) is 45.1 Å². The summed E-state index contributed by atoms with van der Waals surface area (Å²) in [4.78, 5) is 12.4. The van der Waals surface area contributed by atoms with Gasteiger partial charge >= 0.3 is 0 Å². The van der Waals surface area contributed by atoms with Crippen molar-refractivity contribution in [3.8, 4) is 0 Å². The number of thiophene rings is 1. The van der Waals surface area contributed by atoms with Gasteiger partial charge in [-0.05, 0) is 55.3 Å². The van der Waals surface area contributed by atoms with E-state index in [0.29, 0.717) is 29.2 Å². The molecular weight excluding hydrogens is 422 g/mol. The Hall–Kier alpha value is -2.91. The maximum atomic E-state index is 12.7. The Morgan fingerprint density at radius 3 is 2.53 bits per heavy atom. The fourth-order valence-electron chi connectivity index (χ4n) is 2.62. The van der Waals surface area contributed by atoms with E-state index in [-0.39, 0.29) is 10.1 Å². The number of nitrogens with zero attached hydrogens (tertiary/aromatic N) is 1. The molecule has 2 aromatic heterocycles. The summed E-state index contributed by atoms with van der Waals surface area (Å²) in [5.41, 5.74) is 2.74. The molecule has 2 N–H and O–H groups in total. The molecule has 0 bridgehead atoms. The van der Waals surface area contributed by atoms with E-state index in [0.717, 1.165) is 28.2 Å². The molecule has 1 aromatic carbocycles. The minimum atomic E-state index is -3.68. The molecule has 0 aliphatic heterocycles. The van der Waals surface area contributed by atoms with E-state index in [1.54, 1.807) is 50.3 Å². The molecule has 0 saturated heterocycles. The Morgan fingerprint density at radius 2 is 1.87 bits per heavy atom. The van der Waals surface area contributed by atoms with Crippen molar-refractivity contribution < 1.29 is 17.7 Å². The monoisotopic (exact) mass is 445 g/mol. The van der Waals surface area contributed by atoms with Gasteiger partial charge in [0.25, 0.3) is 10.0 Å². The molecule has 0 fully saturated rings. The molecular formula is C21H23N3O4S2. The molecule has 0 saturated carbocycles. The van der Waals surface area contributed by atoms with E-state index < -0.39 is 10.0 Å². The minimum Gasteiger partial charge on any atom is -0.354 e. The number of benzene rings is 1. The first-order valence-electron chi connectivity index (χ1n) is 9.48. The topological polar surface area (TPSA) is 101 Å². The van der Waals surface area contributed by atoms with Gasteiger partial charge in [0.1, 0.15) is 15.6 Å². The van der Waals surface area contributed by atoms with Gasteiger partial charge in [-0.2, -0.15) is 0 Å². The summed E-state index contributed by atoms with van der Waals surface area (Å²) in [5, 5.41) is 6.64. The number of nitrogens with one attached hydrogen (secondary N) is 2. The van der Waals surface area contributed by atoms with Crippen LogP contribution in [0.3, 0.4) is 0 Å². The predicted molar refractivity (Wildman–Crippen MR) is 120 cm³/mol. The number of rotatable bonds is 8. The van der Waals surface area contributed by atoms with E-state index in [1.807, 2.05) is 19.1 Å². The highest BCUT2D eigenvalue weighted by molar-refractivity contribution is 7.94. The van der Waals surface area contributed by atoms with Gasteiger partial charge in [-0.3, -0.25) is 9.52 Å². The normalized spacial score (nSPS) is 11.7. The van der Waals surface area contributed by atoms with Crippen molar-refractivity contribution in [2.45, 2.75) is 37.8 Å². The molecule has 2 heterocycles. The Morgan fingerprint density at radius 1 is 1.13 bits per heavy atom. The number of sulfonamides is 1. The summed E-state index contributed by atoms with van der Waals surface area (Å²) in [7, 11) is -3.68. The third-order valence-electron chi connectivity index (χ3n) is 4.36. The molecule has 9 heteroatoms. The van der Waals surface area contributed by atoms with Crippen LogP contribution in [0, 0.1) is 6.92 Å². The van der Waals surface area contributed by atoms with Crippen LogP contribution >= 0.6 is 11.3 Å². The number of carbonyl (C=O) groups is 1. The van der Waals surface area contributed by atoms with E-state index in [2.05, 4.69) is 15.2 Å². The highest BCUT2D eigenvalue weighted by Crippen LogP contribution is 2.27. The average molecular weight is 446 g/mol. The first-order valence-corrected chi connectivity index (χ1v) is 11.8. The second-order valence-corrected chi connectivity index (χ2v) is 9.58.